The quantitative estimate of drug-likeness (QED) is 0.920. The molecule has 1 aromatic carbocycles. The molecule has 0 aliphatic carbocycles. The topological polar surface area (TPSA) is 67.9 Å². The molecule has 2 rings (SSSR count). The lowest BCUT2D eigenvalue weighted by molar-refractivity contribution is 0.0971. The number of ether oxygens (including phenoxy) is 2. The third-order valence-corrected chi connectivity index (χ3v) is 3.92. The number of anilines is 1. The molecule has 6 heteroatoms. The van der Waals surface area contributed by atoms with Gasteiger partial charge in [0.15, 0.2) is 0 Å². The van der Waals surface area contributed by atoms with Gasteiger partial charge >= 0.3 is 12.2 Å². The van der Waals surface area contributed by atoms with Crippen LogP contribution in [0.1, 0.15) is 38.2 Å². The zero-order valence-corrected chi connectivity index (χ0v) is 13.7. The monoisotopic (exact) mass is 320 g/mol. The number of amides is 2. The van der Waals surface area contributed by atoms with E-state index in [1.54, 1.807) is 11.8 Å². The largest absolute Gasteiger partial charge is 0.450 e. The van der Waals surface area contributed by atoms with Crippen LogP contribution in [0.3, 0.4) is 0 Å². The maximum absolute atomic E-state index is 11.7. The summed E-state index contributed by atoms with van der Waals surface area (Å²) in [7, 11) is 0. The molecule has 1 aliphatic heterocycles. The molecule has 1 saturated heterocycles. The number of rotatable bonds is 4. The fraction of sp³-hybridized carbons (Fsp3) is 0.529. The van der Waals surface area contributed by atoms with E-state index in [-0.39, 0.29) is 6.09 Å². The summed E-state index contributed by atoms with van der Waals surface area (Å²) in [4.78, 5) is 24.8. The fourth-order valence-electron chi connectivity index (χ4n) is 2.73. The van der Waals surface area contributed by atoms with Crippen molar-refractivity contribution in [3.63, 3.8) is 0 Å². The van der Waals surface area contributed by atoms with Crippen LogP contribution in [-0.2, 0) is 9.47 Å². The van der Waals surface area contributed by atoms with Gasteiger partial charge in [0.25, 0.3) is 0 Å². The van der Waals surface area contributed by atoms with E-state index in [9.17, 15) is 9.59 Å². The van der Waals surface area contributed by atoms with Crippen LogP contribution in [0.25, 0.3) is 0 Å². The molecule has 0 spiro atoms. The molecule has 6 nitrogen and oxygen atoms in total. The van der Waals surface area contributed by atoms with Gasteiger partial charge in [-0.25, -0.2) is 9.59 Å². The molecule has 126 valence electrons. The number of carbonyl (C=O) groups is 2. The molecular weight excluding hydrogens is 296 g/mol. The van der Waals surface area contributed by atoms with E-state index in [0.717, 1.165) is 18.5 Å². The van der Waals surface area contributed by atoms with Gasteiger partial charge in [-0.3, -0.25) is 5.32 Å². The van der Waals surface area contributed by atoms with E-state index in [0.29, 0.717) is 32.2 Å². The van der Waals surface area contributed by atoms with Gasteiger partial charge in [0.2, 0.25) is 0 Å². The Balaban J connectivity index is 1.86. The summed E-state index contributed by atoms with van der Waals surface area (Å²) in [6.07, 6.45) is 1.18. The Labute approximate surface area is 136 Å². The van der Waals surface area contributed by atoms with Crippen LogP contribution in [0, 0.1) is 0 Å². The molecule has 0 atom stereocenters. The van der Waals surface area contributed by atoms with Crippen molar-refractivity contribution in [3.8, 4) is 0 Å². The second kappa shape index (κ2) is 8.41. The third kappa shape index (κ3) is 4.87. The average molecular weight is 320 g/mol. The van der Waals surface area contributed by atoms with Crippen LogP contribution in [0.2, 0.25) is 0 Å². The van der Waals surface area contributed by atoms with Gasteiger partial charge in [0.1, 0.15) is 0 Å². The molecule has 0 aromatic heterocycles. The van der Waals surface area contributed by atoms with Crippen molar-refractivity contribution in [1.82, 2.24) is 4.90 Å². The van der Waals surface area contributed by atoms with Gasteiger partial charge in [-0.2, -0.15) is 0 Å². The third-order valence-electron chi connectivity index (χ3n) is 3.92. The predicted molar refractivity (Wildman–Crippen MR) is 87.7 cm³/mol. The van der Waals surface area contributed by atoms with Crippen LogP contribution in [-0.4, -0.2) is 43.4 Å². The highest BCUT2D eigenvalue weighted by Gasteiger charge is 2.24. The van der Waals surface area contributed by atoms with E-state index in [2.05, 4.69) is 5.32 Å². The number of nitrogens with one attached hydrogen (secondary N) is 1. The number of nitrogens with zero attached hydrogens (tertiary/aromatic N) is 1. The van der Waals surface area contributed by atoms with E-state index in [4.69, 9.17) is 9.47 Å². The highest BCUT2D eigenvalue weighted by atomic mass is 16.6. The predicted octanol–water partition coefficient (Wildman–Crippen LogP) is 3.59. The molecule has 1 aromatic rings. The molecule has 0 saturated carbocycles. The van der Waals surface area contributed by atoms with Crippen molar-refractivity contribution in [1.29, 1.82) is 0 Å². The number of carbonyl (C=O) groups excluding carboxylic acids is 2. The summed E-state index contributed by atoms with van der Waals surface area (Å²) in [5, 5.41) is 2.68. The lowest BCUT2D eigenvalue weighted by Gasteiger charge is -2.31. The minimum atomic E-state index is -0.442. The van der Waals surface area contributed by atoms with Crippen LogP contribution < -0.4 is 5.32 Å². The zero-order valence-electron chi connectivity index (χ0n) is 13.7. The first-order chi connectivity index (χ1) is 11.1. The van der Waals surface area contributed by atoms with Crippen LogP contribution in [0.5, 0.6) is 0 Å². The lowest BCUT2D eigenvalue weighted by Crippen LogP contribution is -2.38. The number of benzene rings is 1. The van der Waals surface area contributed by atoms with Gasteiger partial charge in [0.05, 0.1) is 13.2 Å². The molecule has 23 heavy (non-hydrogen) atoms. The van der Waals surface area contributed by atoms with E-state index in [1.165, 1.54) is 5.56 Å². The Hall–Kier alpha value is -2.24. The van der Waals surface area contributed by atoms with Crippen LogP contribution in [0.15, 0.2) is 24.3 Å². The Morgan fingerprint density at radius 2 is 1.70 bits per heavy atom. The molecule has 1 fully saturated rings. The second-order valence-corrected chi connectivity index (χ2v) is 5.43. The molecule has 2 amide bonds. The first kappa shape index (κ1) is 17.1. The van der Waals surface area contributed by atoms with Gasteiger partial charge < -0.3 is 14.4 Å². The van der Waals surface area contributed by atoms with Crippen molar-refractivity contribution >= 4 is 17.9 Å². The molecule has 0 radical (unpaired) electrons. The Morgan fingerprint density at radius 1 is 1.09 bits per heavy atom. The minimum Gasteiger partial charge on any atom is -0.450 e. The molecule has 0 bridgehead atoms. The summed E-state index contributed by atoms with van der Waals surface area (Å²) in [6, 6.07) is 7.80. The maximum atomic E-state index is 11.7. The van der Waals surface area contributed by atoms with Crippen molar-refractivity contribution < 1.29 is 19.1 Å². The molecular formula is C17H24N2O4. The van der Waals surface area contributed by atoms with E-state index < -0.39 is 6.09 Å². The summed E-state index contributed by atoms with van der Waals surface area (Å²) in [5.41, 5.74) is 1.94. The summed E-state index contributed by atoms with van der Waals surface area (Å²) < 4.78 is 9.88. The van der Waals surface area contributed by atoms with Crippen molar-refractivity contribution in [3.05, 3.63) is 29.8 Å². The minimum absolute atomic E-state index is 0.222. The molecule has 1 aliphatic rings. The number of likely N-dealkylation sites (tertiary alicyclic amines) is 1. The SMILES string of the molecule is CCOC(=O)Nc1ccc(C2CCN(C(=O)OCC)CC2)cc1. The highest BCUT2D eigenvalue weighted by molar-refractivity contribution is 5.84. The normalized spacial score (nSPS) is 15.1. The standard InChI is InChI=1S/C17H24N2O4/c1-3-22-16(20)18-15-7-5-13(6-8-15)14-9-11-19(12-10-14)17(21)23-4-2/h5-8,14H,3-4,9-12H2,1-2H3,(H,18,20). The van der Waals surface area contributed by atoms with Crippen LogP contribution >= 0.6 is 0 Å². The maximum Gasteiger partial charge on any atom is 0.411 e. The van der Waals surface area contributed by atoms with Gasteiger partial charge in [-0.05, 0) is 50.3 Å². The van der Waals surface area contributed by atoms with Crippen molar-refractivity contribution in [2.75, 3.05) is 31.6 Å². The fourth-order valence-corrected chi connectivity index (χ4v) is 2.73. The molecule has 1 N–H and O–H groups in total. The lowest BCUT2D eigenvalue weighted by atomic mass is 9.89. The molecule has 0 unspecified atom stereocenters. The number of hydrogen-bond acceptors (Lipinski definition) is 4. The summed E-state index contributed by atoms with van der Waals surface area (Å²) >= 11 is 0. The van der Waals surface area contributed by atoms with E-state index in [1.807, 2.05) is 31.2 Å². The van der Waals surface area contributed by atoms with Gasteiger partial charge in [-0.1, -0.05) is 12.1 Å². The number of piperidine rings is 1. The average Bonchev–Trinajstić information content (AvgIpc) is 2.56. The Bertz CT molecular complexity index is 522. The highest BCUT2D eigenvalue weighted by Crippen LogP contribution is 2.29. The Kier molecular flexibility index (Phi) is 6.26. The van der Waals surface area contributed by atoms with E-state index >= 15 is 0 Å². The van der Waals surface area contributed by atoms with Gasteiger partial charge in [0, 0.05) is 18.8 Å². The van der Waals surface area contributed by atoms with Crippen molar-refractivity contribution in [2.24, 2.45) is 0 Å². The smallest absolute Gasteiger partial charge is 0.411 e. The van der Waals surface area contributed by atoms with Gasteiger partial charge in [-0.15, -0.1) is 0 Å². The van der Waals surface area contributed by atoms with Crippen LogP contribution in [0.4, 0.5) is 15.3 Å². The number of hydrogen-bond donors (Lipinski definition) is 1. The Morgan fingerprint density at radius 3 is 2.26 bits per heavy atom. The molecule has 1 heterocycles. The summed E-state index contributed by atoms with van der Waals surface area (Å²) in [6.45, 7) is 5.77. The first-order valence-corrected chi connectivity index (χ1v) is 8.09. The second-order valence-electron chi connectivity index (χ2n) is 5.43. The summed E-state index contributed by atoms with van der Waals surface area (Å²) in [5.74, 6) is 0.428. The zero-order chi connectivity index (χ0) is 16.7. The first-order valence-electron chi connectivity index (χ1n) is 8.09. The van der Waals surface area contributed by atoms with Crippen molar-refractivity contribution in [2.45, 2.75) is 32.6 Å².